The zero-order valence-electron chi connectivity index (χ0n) is 9.39. The van der Waals surface area contributed by atoms with E-state index in [0.717, 1.165) is 0 Å². The van der Waals surface area contributed by atoms with Gasteiger partial charge in [0.25, 0.3) is 0 Å². The van der Waals surface area contributed by atoms with Gasteiger partial charge in [0.15, 0.2) is 0 Å². The smallest absolute Gasteiger partial charge is 0.303 e. The summed E-state index contributed by atoms with van der Waals surface area (Å²) in [5.41, 5.74) is 0.385. The van der Waals surface area contributed by atoms with Crippen molar-refractivity contribution in [1.82, 2.24) is 0 Å². The molecular weight excluding hydrogens is 220 g/mol. The summed E-state index contributed by atoms with van der Waals surface area (Å²) in [7, 11) is 0. The normalized spacial score (nSPS) is 9.88. The van der Waals surface area contributed by atoms with Crippen LogP contribution < -0.4 is 0 Å². The van der Waals surface area contributed by atoms with Gasteiger partial charge >= 0.3 is 5.97 Å². The van der Waals surface area contributed by atoms with E-state index in [2.05, 4.69) is 0 Å². The van der Waals surface area contributed by atoms with Gasteiger partial charge in [0.05, 0.1) is 0 Å². The highest BCUT2D eigenvalue weighted by Crippen LogP contribution is 2.06. The Bertz CT molecular complexity index is 409. The molecule has 0 aliphatic carbocycles. The number of carbonyl (C=O) groups is 3. The number of carbonyl (C=O) groups excluding carboxylic acids is 2. The molecule has 0 atom stereocenters. The fraction of sp³-hybridized carbons (Fsp3) is 0.308. The standard InChI is InChI=1S/C13H14O4/c14-11(8-4-5-9-12(15)16)13(17)10-6-2-1-3-7-10/h1-3,6-7H,4-5,8-9H2,(H,15,16). The average molecular weight is 234 g/mol. The minimum atomic E-state index is -0.883. The van der Waals surface area contributed by atoms with Crippen LogP contribution in [-0.4, -0.2) is 22.6 Å². The number of aliphatic carboxylic acids is 1. The lowest BCUT2D eigenvalue weighted by Gasteiger charge is -1.99. The van der Waals surface area contributed by atoms with Gasteiger partial charge in [0.1, 0.15) is 0 Å². The first kappa shape index (κ1) is 13.1. The second kappa shape index (κ2) is 6.58. The van der Waals surface area contributed by atoms with Crippen LogP contribution in [0.15, 0.2) is 30.3 Å². The first-order valence-corrected chi connectivity index (χ1v) is 5.45. The summed E-state index contributed by atoms with van der Waals surface area (Å²) < 4.78 is 0. The average Bonchev–Trinajstić information content (AvgIpc) is 2.34. The first-order valence-electron chi connectivity index (χ1n) is 5.45. The van der Waals surface area contributed by atoms with Crippen LogP contribution in [0.4, 0.5) is 0 Å². The van der Waals surface area contributed by atoms with Gasteiger partial charge in [-0.2, -0.15) is 0 Å². The molecule has 0 saturated heterocycles. The van der Waals surface area contributed by atoms with E-state index >= 15 is 0 Å². The third-order valence-corrected chi connectivity index (χ3v) is 2.33. The summed E-state index contributed by atoms with van der Waals surface area (Å²) in [5, 5.41) is 8.41. The number of hydrogen-bond donors (Lipinski definition) is 1. The monoisotopic (exact) mass is 234 g/mol. The molecule has 0 amide bonds. The molecule has 0 radical (unpaired) electrons. The van der Waals surface area contributed by atoms with E-state index in [1.807, 2.05) is 0 Å². The van der Waals surface area contributed by atoms with Gasteiger partial charge in [0.2, 0.25) is 11.6 Å². The Morgan fingerprint density at radius 3 is 2.12 bits per heavy atom. The molecule has 1 aromatic rings. The molecular formula is C13H14O4. The lowest BCUT2D eigenvalue weighted by molar-refractivity contribution is -0.137. The first-order chi connectivity index (χ1) is 8.11. The van der Waals surface area contributed by atoms with Gasteiger partial charge in [-0.1, -0.05) is 30.3 Å². The van der Waals surface area contributed by atoms with Crippen molar-refractivity contribution in [3.05, 3.63) is 35.9 Å². The predicted molar refractivity (Wildman–Crippen MR) is 61.9 cm³/mol. The van der Waals surface area contributed by atoms with Gasteiger partial charge in [-0.05, 0) is 12.8 Å². The van der Waals surface area contributed by atoms with E-state index in [1.54, 1.807) is 30.3 Å². The molecule has 4 nitrogen and oxygen atoms in total. The Morgan fingerprint density at radius 2 is 1.53 bits per heavy atom. The van der Waals surface area contributed by atoms with Crippen LogP contribution in [0.1, 0.15) is 36.0 Å². The van der Waals surface area contributed by atoms with Gasteiger partial charge in [-0.3, -0.25) is 14.4 Å². The molecule has 0 unspecified atom stereocenters. The largest absolute Gasteiger partial charge is 0.481 e. The predicted octanol–water partition coefficient (Wildman–Crippen LogP) is 2.08. The number of hydrogen-bond acceptors (Lipinski definition) is 3. The highest BCUT2D eigenvalue weighted by Gasteiger charge is 2.14. The van der Waals surface area contributed by atoms with Crippen LogP contribution in [0, 0.1) is 0 Å². The highest BCUT2D eigenvalue weighted by atomic mass is 16.4. The SMILES string of the molecule is O=C(O)CCCCC(=O)C(=O)c1ccccc1. The molecule has 1 aromatic carbocycles. The van der Waals surface area contributed by atoms with Crippen molar-refractivity contribution in [2.24, 2.45) is 0 Å². The fourth-order valence-electron chi connectivity index (χ4n) is 1.43. The summed E-state index contributed by atoms with van der Waals surface area (Å²) in [5.74, 6) is -1.84. The minimum Gasteiger partial charge on any atom is -0.481 e. The van der Waals surface area contributed by atoms with E-state index in [9.17, 15) is 14.4 Å². The second-order valence-electron chi connectivity index (χ2n) is 3.72. The summed E-state index contributed by atoms with van der Waals surface area (Å²) >= 11 is 0. The Hall–Kier alpha value is -1.97. The maximum atomic E-state index is 11.6. The molecule has 17 heavy (non-hydrogen) atoms. The molecule has 0 fully saturated rings. The molecule has 1 N–H and O–H groups in total. The van der Waals surface area contributed by atoms with Crippen molar-refractivity contribution in [3.8, 4) is 0 Å². The molecule has 0 aromatic heterocycles. The Kier molecular flexibility index (Phi) is 5.07. The number of benzene rings is 1. The zero-order chi connectivity index (χ0) is 12.7. The van der Waals surface area contributed by atoms with Crippen molar-refractivity contribution >= 4 is 17.5 Å². The number of carboxylic acid groups (broad SMARTS) is 1. The molecule has 0 aliphatic rings. The molecule has 0 heterocycles. The van der Waals surface area contributed by atoms with Crippen molar-refractivity contribution < 1.29 is 19.5 Å². The van der Waals surface area contributed by atoms with Crippen molar-refractivity contribution in [3.63, 3.8) is 0 Å². The van der Waals surface area contributed by atoms with E-state index in [0.29, 0.717) is 18.4 Å². The lowest BCUT2D eigenvalue weighted by Crippen LogP contribution is -2.13. The van der Waals surface area contributed by atoms with Gasteiger partial charge in [-0.15, -0.1) is 0 Å². The molecule has 0 aliphatic heterocycles. The molecule has 0 saturated carbocycles. The van der Waals surface area contributed by atoms with Gasteiger partial charge in [0, 0.05) is 18.4 Å². The Labute approximate surface area is 99.3 Å². The fourth-order valence-corrected chi connectivity index (χ4v) is 1.43. The molecule has 0 spiro atoms. The highest BCUT2D eigenvalue weighted by molar-refractivity contribution is 6.43. The van der Waals surface area contributed by atoms with Crippen LogP contribution in [0.2, 0.25) is 0 Å². The van der Waals surface area contributed by atoms with Crippen LogP contribution in [-0.2, 0) is 9.59 Å². The number of Topliss-reactive ketones (excluding diaryl/α,β-unsaturated/α-hetero) is 2. The number of ketones is 2. The Morgan fingerprint density at radius 1 is 0.941 bits per heavy atom. The van der Waals surface area contributed by atoms with Crippen LogP contribution in [0.3, 0.4) is 0 Å². The molecule has 90 valence electrons. The molecule has 0 bridgehead atoms. The van der Waals surface area contributed by atoms with Crippen molar-refractivity contribution in [2.45, 2.75) is 25.7 Å². The van der Waals surface area contributed by atoms with E-state index in [4.69, 9.17) is 5.11 Å². The second-order valence-corrected chi connectivity index (χ2v) is 3.72. The van der Waals surface area contributed by atoms with Crippen LogP contribution in [0.25, 0.3) is 0 Å². The van der Waals surface area contributed by atoms with Crippen molar-refractivity contribution in [1.29, 1.82) is 0 Å². The number of rotatable bonds is 7. The molecule has 1 rings (SSSR count). The van der Waals surface area contributed by atoms with Crippen LogP contribution >= 0.6 is 0 Å². The zero-order valence-corrected chi connectivity index (χ0v) is 9.39. The topological polar surface area (TPSA) is 71.4 Å². The lowest BCUT2D eigenvalue weighted by atomic mass is 10.0. The number of unbranched alkanes of at least 4 members (excludes halogenated alkanes) is 1. The minimum absolute atomic E-state index is 0.0345. The number of carboxylic acids is 1. The summed E-state index contributed by atoms with van der Waals surface area (Å²) in [6, 6.07) is 8.36. The maximum Gasteiger partial charge on any atom is 0.303 e. The Balaban J connectivity index is 2.38. The third-order valence-electron chi connectivity index (χ3n) is 2.33. The van der Waals surface area contributed by atoms with E-state index < -0.39 is 17.5 Å². The maximum absolute atomic E-state index is 11.6. The summed E-state index contributed by atoms with van der Waals surface area (Å²) in [4.78, 5) is 33.3. The summed E-state index contributed by atoms with van der Waals surface area (Å²) in [6.45, 7) is 0. The van der Waals surface area contributed by atoms with Crippen molar-refractivity contribution in [2.75, 3.05) is 0 Å². The molecule has 4 heteroatoms. The summed E-state index contributed by atoms with van der Waals surface area (Å²) in [6.07, 6.45) is 1.00. The van der Waals surface area contributed by atoms with Crippen LogP contribution in [0.5, 0.6) is 0 Å². The van der Waals surface area contributed by atoms with E-state index in [1.165, 1.54) is 0 Å². The third kappa shape index (κ3) is 4.59. The van der Waals surface area contributed by atoms with Gasteiger partial charge < -0.3 is 5.11 Å². The van der Waals surface area contributed by atoms with E-state index in [-0.39, 0.29) is 12.8 Å². The quantitative estimate of drug-likeness (QED) is 0.445. The van der Waals surface area contributed by atoms with Gasteiger partial charge in [-0.25, -0.2) is 0 Å².